The highest BCUT2D eigenvalue weighted by Crippen LogP contribution is 2.20. The van der Waals surface area contributed by atoms with Gasteiger partial charge in [0.2, 0.25) is 0 Å². The summed E-state index contributed by atoms with van der Waals surface area (Å²) >= 11 is 1.69. The van der Waals surface area contributed by atoms with Crippen LogP contribution >= 0.6 is 11.8 Å². The third kappa shape index (κ3) is 2.91. The molecule has 0 bridgehead atoms. The van der Waals surface area contributed by atoms with Gasteiger partial charge in [-0.05, 0) is 12.1 Å². The van der Waals surface area contributed by atoms with Crippen molar-refractivity contribution >= 4 is 11.8 Å². The fourth-order valence-electron chi connectivity index (χ4n) is 1.89. The fraction of sp³-hybridized carbons (Fsp3) is 0.214. The monoisotopic (exact) mass is 285 g/mol. The molecule has 0 spiro atoms. The van der Waals surface area contributed by atoms with E-state index in [4.69, 9.17) is 0 Å². The molecule has 0 aromatic carbocycles. The van der Waals surface area contributed by atoms with Crippen LogP contribution in [-0.4, -0.2) is 24.1 Å². The van der Waals surface area contributed by atoms with Gasteiger partial charge in [-0.1, -0.05) is 17.8 Å². The van der Waals surface area contributed by atoms with Gasteiger partial charge in [-0.25, -0.2) is 9.97 Å². The number of nitrogens with zero attached hydrogens (tertiary/aromatic N) is 5. The molecule has 3 aromatic heterocycles. The lowest BCUT2D eigenvalue weighted by atomic mass is 10.3. The molecule has 0 aliphatic heterocycles. The number of thioether (sulfide) groups is 1. The Kier molecular flexibility index (Phi) is 3.83. The Balaban J connectivity index is 1.69. The maximum Gasteiger partial charge on any atom is 0.168 e. The van der Waals surface area contributed by atoms with E-state index in [0.29, 0.717) is 0 Å². The zero-order chi connectivity index (χ0) is 13.8. The predicted molar refractivity (Wildman–Crippen MR) is 78.3 cm³/mol. The Morgan fingerprint density at radius 2 is 1.95 bits per heavy atom. The molecule has 20 heavy (non-hydrogen) atoms. The van der Waals surface area contributed by atoms with Gasteiger partial charge in [0.25, 0.3) is 0 Å². The van der Waals surface area contributed by atoms with Crippen molar-refractivity contribution in [3.8, 4) is 0 Å². The van der Waals surface area contributed by atoms with Crippen LogP contribution in [0.4, 0.5) is 0 Å². The number of rotatable bonds is 5. The van der Waals surface area contributed by atoms with E-state index in [0.717, 1.165) is 29.0 Å². The number of aromatic nitrogens is 5. The fourth-order valence-corrected chi connectivity index (χ4v) is 2.85. The van der Waals surface area contributed by atoms with E-state index >= 15 is 0 Å². The van der Waals surface area contributed by atoms with Crippen molar-refractivity contribution in [3.05, 3.63) is 60.7 Å². The summed E-state index contributed by atoms with van der Waals surface area (Å²) in [6.07, 6.45) is 9.39. The SMILES string of the molecule is Cn1ccnc1CSc1nccn1Cc1ccccn1. The molecule has 0 unspecified atom stereocenters. The van der Waals surface area contributed by atoms with Crippen molar-refractivity contribution in [1.82, 2.24) is 24.1 Å². The summed E-state index contributed by atoms with van der Waals surface area (Å²) in [6, 6.07) is 5.95. The van der Waals surface area contributed by atoms with E-state index in [1.165, 1.54) is 0 Å². The van der Waals surface area contributed by atoms with E-state index in [1.54, 1.807) is 11.8 Å². The van der Waals surface area contributed by atoms with Crippen LogP contribution < -0.4 is 0 Å². The third-order valence-corrected chi connectivity index (χ3v) is 3.99. The molecule has 3 heterocycles. The summed E-state index contributed by atoms with van der Waals surface area (Å²) in [5, 5.41) is 0.985. The molecule has 0 saturated heterocycles. The van der Waals surface area contributed by atoms with Gasteiger partial charge < -0.3 is 9.13 Å². The Labute approximate surface area is 121 Å². The lowest BCUT2D eigenvalue weighted by molar-refractivity contribution is 0.693. The second kappa shape index (κ2) is 5.92. The summed E-state index contributed by atoms with van der Waals surface area (Å²) in [5.41, 5.74) is 1.03. The van der Waals surface area contributed by atoms with E-state index < -0.39 is 0 Å². The number of hydrogen-bond donors (Lipinski definition) is 0. The largest absolute Gasteiger partial charge is 0.337 e. The zero-order valence-electron chi connectivity index (χ0n) is 11.2. The first kappa shape index (κ1) is 12.9. The van der Waals surface area contributed by atoms with Gasteiger partial charge in [0.1, 0.15) is 5.82 Å². The first-order chi connectivity index (χ1) is 9.83. The molecule has 0 N–H and O–H groups in total. The minimum atomic E-state index is 0.740. The highest BCUT2D eigenvalue weighted by Gasteiger charge is 2.07. The molecule has 6 heteroatoms. The quantitative estimate of drug-likeness (QED) is 0.675. The molecule has 102 valence electrons. The van der Waals surface area contributed by atoms with Crippen molar-refractivity contribution in [2.24, 2.45) is 7.05 Å². The highest BCUT2D eigenvalue weighted by atomic mass is 32.2. The van der Waals surface area contributed by atoms with Gasteiger partial charge in [-0.15, -0.1) is 0 Å². The molecule has 5 nitrogen and oxygen atoms in total. The van der Waals surface area contributed by atoms with E-state index in [9.17, 15) is 0 Å². The second-order valence-electron chi connectivity index (χ2n) is 4.40. The topological polar surface area (TPSA) is 48.5 Å². The van der Waals surface area contributed by atoms with Crippen molar-refractivity contribution in [2.75, 3.05) is 0 Å². The summed E-state index contributed by atoms with van der Waals surface area (Å²) in [4.78, 5) is 13.1. The van der Waals surface area contributed by atoms with Gasteiger partial charge in [0, 0.05) is 38.0 Å². The van der Waals surface area contributed by atoms with Crippen LogP contribution in [0.1, 0.15) is 11.5 Å². The molecular weight excluding hydrogens is 270 g/mol. The minimum Gasteiger partial charge on any atom is -0.337 e. The summed E-state index contributed by atoms with van der Waals surface area (Å²) in [7, 11) is 2.00. The number of aryl methyl sites for hydroxylation is 1. The van der Waals surface area contributed by atoms with Crippen molar-refractivity contribution in [2.45, 2.75) is 17.5 Å². The van der Waals surface area contributed by atoms with Crippen molar-refractivity contribution in [1.29, 1.82) is 0 Å². The standard InChI is InChI=1S/C14H15N5S/c1-18-8-6-16-13(18)11-20-14-17-7-9-19(14)10-12-4-2-3-5-15-12/h2-9H,10-11H2,1H3. The molecule has 0 fully saturated rings. The van der Waals surface area contributed by atoms with E-state index in [1.807, 2.05) is 60.8 Å². The van der Waals surface area contributed by atoms with Gasteiger partial charge >= 0.3 is 0 Å². The maximum absolute atomic E-state index is 4.40. The van der Waals surface area contributed by atoms with Gasteiger partial charge in [0.05, 0.1) is 18.0 Å². The predicted octanol–water partition coefficient (Wildman–Crippen LogP) is 2.35. The molecule has 0 aliphatic carbocycles. The molecule has 0 radical (unpaired) electrons. The van der Waals surface area contributed by atoms with Gasteiger partial charge in [-0.2, -0.15) is 0 Å². The number of pyridine rings is 1. The summed E-state index contributed by atoms with van der Waals surface area (Å²) in [6.45, 7) is 0.740. The van der Waals surface area contributed by atoms with Crippen LogP contribution in [0.15, 0.2) is 54.3 Å². The summed E-state index contributed by atoms with van der Waals surface area (Å²) in [5.74, 6) is 1.85. The van der Waals surface area contributed by atoms with Crippen LogP contribution in [0.3, 0.4) is 0 Å². The third-order valence-electron chi connectivity index (χ3n) is 2.99. The van der Waals surface area contributed by atoms with Crippen LogP contribution in [0.2, 0.25) is 0 Å². The lowest BCUT2D eigenvalue weighted by Crippen LogP contribution is -2.02. The van der Waals surface area contributed by atoms with Crippen LogP contribution in [0.5, 0.6) is 0 Å². The normalized spacial score (nSPS) is 10.8. The Hall–Kier alpha value is -2.08. The Morgan fingerprint density at radius 1 is 1.05 bits per heavy atom. The lowest BCUT2D eigenvalue weighted by Gasteiger charge is -2.07. The average Bonchev–Trinajstić information content (AvgIpc) is 3.07. The molecular formula is C14H15N5S. The van der Waals surface area contributed by atoms with Gasteiger partial charge in [0.15, 0.2) is 5.16 Å². The maximum atomic E-state index is 4.40. The molecule has 0 amide bonds. The van der Waals surface area contributed by atoms with Crippen LogP contribution in [0.25, 0.3) is 0 Å². The molecule has 3 rings (SSSR count). The van der Waals surface area contributed by atoms with Gasteiger partial charge in [-0.3, -0.25) is 4.98 Å². The Bertz CT molecular complexity index is 674. The van der Waals surface area contributed by atoms with Crippen LogP contribution in [-0.2, 0) is 19.3 Å². The Morgan fingerprint density at radius 3 is 2.70 bits per heavy atom. The number of hydrogen-bond acceptors (Lipinski definition) is 4. The zero-order valence-corrected chi connectivity index (χ0v) is 12.0. The second-order valence-corrected chi connectivity index (χ2v) is 5.34. The molecule has 0 aliphatic rings. The highest BCUT2D eigenvalue weighted by molar-refractivity contribution is 7.98. The smallest absolute Gasteiger partial charge is 0.168 e. The minimum absolute atomic E-state index is 0.740. The van der Waals surface area contributed by atoms with Crippen LogP contribution in [0, 0.1) is 0 Å². The molecule has 0 saturated carbocycles. The first-order valence-corrected chi connectivity index (χ1v) is 7.31. The summed E-state index contributed by atoms with van der Waals surface area (Å²) < 4.78 is 4.13. The van der Waals surface area contributed by atoms with Crippen molar-refractivity contribution < 1.29 is 0 Å². The average molecular weight is 285 g/mol. The van der Waals surface area contributed by atoms with E-state index in [-0.39, 0.29) is 0 Å². The first-order valence-electron chi connectivity index (χ1n) is 6.33. The van der Waals surface area contributed by atoms with E-state index in [2.05, 4.69) is 19.5 Å². The molecule has 0 atom stereocenters. The molecule has 3 aromatic rings. The van der Waals surface area contributed by atoms with Crippen molar-refractivity contribution in [3.63, 3.8) is 0 Å². The number of imidazole rings is 2.